The summed E-state index contributed by atoms with van der Waals surface area (Å²) in [7, 11) is 0. The highest BCUT2D eigenvalue weighted by Gasteiger charge is 2.31. The van der Waals surface area contributed by atoms with Crippen molar-refractivity contribution in [1.29, 1.82) is 0 Å². The Morgan fingerprint density at radius 1 is 1.41 bits per heavy atom. The van der Waals surface area contributed by atoms with E-state index in [-0.39, 0.29) is 25.0 Å². The first kappa shape index (κ1) is 16.5. The number of hydrogen-bond acceptors (Lipinski definition) is 3. The lowest BCUT2D eigenvalue weighted by Crippen LogP contribution is -2.49. The first-order valence-corrected chi connectivity index (χ1v) is 7.61. The largest absolute Gasteiger partial charge is 0.481 e. The Kier molecular flexibility index (Phi) is 4.90. The van der Waals surface area contributed by atoms with Crippen molar-refractivity contribution in [3.63, 3.8) is 0 Å². The minimum absolute atomic E-state index is 0.0886. The van der Waals surface area contributed by atoms with E-state index < -0.39 is 12.0 Å². The number of rotatable bonds is 4. The number of carboxylic acids is 1. The van der Waals surface area contributed by atoms with Gasteiger partial charge in [-0.2, -0.15) is 0 Å². The lowest BCUT2D eigenvalue weighted by Gasteiger charge is -2.34. The summed E-state index contributed by atoms with van der Waals surface area (Å²) in [6.07, 6.45) is -0.0886. The van der Waals surface area contributed by atoms with Crippen LogP contribution in [0.25, 0.3) is 0 Å². The van der Waals surface area contributed by atoms with Gasteiger partial charge in [0.05, 0.1) is 31.2 Å². The molecular formula is C16H24N2O4. The SMILES string of the molecule is Cc1cc(C(=O)N2CCOCC2CC(=O)O)c(C)n1C(C)C. The molecule has 0 spiro atoms. The van der Waals surface area contributed by atoms with E-state index in [0.29, 0.717) is 18.7 Å². The molecule has 2 rings (SSSR count). The summed E-state index contributed by atoms with van der Waals surface area (Å²) in [6.45, 7) is 9.24. The van der Waals surface area contributed by atoms with E-state index in [4.69, 9.17) is 9.84 Å². The van der Waals surface area contributed by atoms with E-state index in [9.17, 15) is 9.59 Å². The van der Waals surface area contributed by atoms with Gasteiger partial charge in [-0.3, -0.25) is 9.59 Å². The Bertz CT molecular complexity index is 577. The molecule has 1 aliphatic heterocycles. The molecule has 1 aromatic heterocycles. The number of carboxylic acid groups (broad SMARTS) is 1. The second-order valence-corrected chi connectivity index (χ2v) is 6.07. The molecule has 6 nitrogen and oxygen atoms in total. The number of amides is 1. The lowest BCUT2D eigenvalue weighted by molar-refractivity contribution is -0.139. The van der Waals surface area contributed by atoms with Gasteiger partial charge in [-0.15, -0.1) is 0 Å². The Morgan fingerprint density at radius 2 is 2.09 bits per heavy atom. The number of aliphatic carboxylic acids is 1. The highest BCUT2D eigenvalue weighted by molar-refractivity contribution is 5.96. The number of morpholine rings is 1. The van der Waals surface area contributed by atoms with Crippen molar-refractivity contribution >= 4 is 11.9 Å². The zero-order chi connectivity index (χ0) is 16.4. The molecule has 0 saturated carbocycles. The minimum atomic E-state index is -0.916. The van der Waals surface area contributed by atoms with Crippen molar-refractivity contribution in [2.24, 2.45) is 0 Å². The third kappa shape index (κ3) is 3.16. The van der Waals surface area contributed by atoms with Gasteiger partial charge in [-0.05, 0) is 33.8 Å². The molecule has 1 amide bonds. The highest BCUT2D eigenvalue weighted by atomic mass is 16.5. The van der Waals surface area contributed by atoms with Crippen LogP contribution in [0.1, 0.15) is 48.1 Å². The molecule has 1 N–H and O–H groups in total. The molecule has 1 fully saturated rings. The van der Waals surface area contributed by atoms with Crippen molar-refractivity contribution in [1.82, 2.24) is 9.47 Å². The first-order valence-electron chi connectivity index (χ1n) is 7.61. The fourth-order valence-corrected chi connectivity index (χ4v) is 3.24. The van der Waals surface area contributed by atoms with E-state index in [1.807, 2.05) is 19.9 Å². The number of carbonyl (C=O) groups excluding carboxylic acids is 1. The van der Waals surface area contributed by atoms with Gasteiger partial charge in [0, 0.05) is 24.0 Å². The molecule has 0 aromatic carbocycles. The molecule has 2 heterocycles. The number of aryl methyl sites for hydroxylation is 1. The van der Waals surface area contributed by atoms with E-state index in [1.54, 1.807) is 4.90 Å². The van der Waals surface area contributed by atoms with E-state index in [0.717, 1.165) is 11.4 Å². The molecular weight excluding hydrogens is 284 g/mol. The van der Waals surface area contributed by atoms with Crippen LogP contribution in [0.4, 0.5) is 0 Å². The molecule has 1 aromatic rings. The molecule has 1 unspecified atom stereocenters. The van der Waals surface area contributed by atoms with Crippen molar-refractivity contribution in [2.45, 2.75) is 46.2 Å². The molecule has 0 aliphatic carbocycles. The quantitative estimate of drug-likeness (QED) is 0.923. The maximum atomic E-state index is 12.9. The minimum Gasteiger partial charge on any atom is -0.481 e. The van der Waals surface area contributed by atoms with Crippen LogP contribution < -0.4 is 0 Å². The number of nitrogens with zero attached hydrogens (tertiary/aromatic N) is 2. The average molecular weight is 308 g/mol. The third-order valence-electron chi connectivity index (χ3n) is 4.13. The molecule has 122 valence electrons. The summed E-state index contributed by atoms with van der Waals surface area (Å²) in [5.74, 6) is -1.02. The predicted molar refractivity (Wildman–Crippen MR) is 82.2 cm³/mol. The monoisotopic (exact) mass is 308 g/mol. The number of carbonyl (C=O) groups is 2. The molecule has 1 saturated heterocycles. The fourth-order valence-electron chi connectivity index (χ4n) is 3.24. The second-order valence-electron chi connectivity index (χ2n) is 6.07. The van der Waals surface area contributed by atoms with Crippen LogP contribution in [-0.2, 0) is 9.53 Å². The Hall–Kier alpha value is -1.82. The van der Waals surface area contributed by atoms with E-state index >= 15 is 0 Å². The maximum Gasteiger partial charge on any atom is 0.305 e. The van der Waals surface area contributed by atoms with Crippen LogP contribution in [0, 0.1) is 13.8 Å². The van der Waals surface area contributed by atoms with Gasteiger partial charge in [-0.25, -0.2) is 0 Å². The summed E-state index contributed by atoms with van der Waals surface area (Å²) in [5, 5.41) is 9.01. The molecule has 1 atom stereocenters. The average Bonchev–Trinajstić information content (AvgIpc) is 2.73. The zero-order valence-electron chi connectivity index (χ0n) is 13.6. The maximum absolute atomic E-state index is 12.9. The van der Waals surface area contributed by atoms with Crippen molar-refractivity contribution in [2.75, 3.05) is 19.8 Å². The van der Waals surface area contributed by atoms with E-state index in [2.05, 4.69) is 18.4 Å². The summed E-state index contributed by atoms with van der Waals surface area (Å²) in [5.41, 5.74) is 2.63. The fraction of sp³-hybridized carbons (Fsp3) is 0.625. The Balaban J connectivity index is 2.30. The molecule has 0 radical (unpaired) electrons. The van der Waals surface area contributed by atoms with Crippen molar-refractivity contribution in [3.8, 4) is 0 Å². The normalized spacial score (nSPS) is 18.8. The van der Waals surface area contributed by atoms with Crippen LogP contribution in [0.3, 0.4) is 0 Å². The molecule has 6 heteroatoms. The number of ether oxygens (including phenoxy) is 1. The van der Waals surface area contributed by atoms with Crippen LogP contribution in [0.15, 0.2) is 6.07 Å². The standard InChI is InChI=1S/C16H24N2O4/c1-10(2)18-11(3)7-14(12(18)4)16(21)17-5-6-22-9-13(17)8-15(19)20/h7,10,13H,5-6,8-9H2,1-4H3,(H,19,20). The zero-order valence-corrected chi connectivity index (χ0v) is 13.6. The molecule has 22 heavy (non-hydrogen) atoms. The van der Waals surface area contributed by atoms with Crippen molar-refractivity contribution < 1.29 is 19.4 Å². The van der Waals surface area contributed by atoms with Gasteiger partial charge < -0.3 is 19.3 Å². The van der Waals surface area contributed by atoms with Gasteiger partial charge in [0.15, 0.2) is 0 Å². The van der Waals surface area contributed by atoms with Crippen LogP contribution in [0.5, 0.6) is 0 Å². The second kappa shape index (κ2) is 6.52. The van der Waals surface area contributed by atoms with Crippen LogP contribution in [0.2, 0.25) is 0 Å². The van der Waals surface area contributed by atoms with Crippen molar-refractivity contribution in [3.05, 3.63) is 23.0 Å². The smallest absolute Gasteiger partial charge is 0.305 e. The van der Waals surface area contributed by atoms with Gasteiger partial charge in [0.2, 0.25) is 0 Å². The van der Waals surface area contributed by atoms with Gasteiger partial charge in [0.25, 0.3) is 5.91 Å². The summed E-state index contributed by atoms with van der Waals surface area (Å²) >= 11 is 0. The lowest BCUT2D eigenvalue weighted by atomic mass is 10.1. The topological polar surface area (TPSA) is 71.8 Å². The molecule has 1 aliphatic rings. The first-order chi connectivity index (χ1) is 10.3. The summed E-state index contributed by atoms with van der Waals surface area (Å²) in [6, 6.07) is 1.77. The summed E-state index contributed by atoms with van der Waals surface area (Å²) in [4.78, 5) is 25.5. The summed E-state index contributed by atoms with van der Waals surface area (Å²) < 4.78 is 7.46. The van der Waals surface area contributed by atoms with Crippen LogP contribution in [-0.4, -0.2) is 52.3 Å². The Morgan fingerprint density at radius 3 is 2.64 bits per heavy atom. The number of hydrogen-bond donors (Lipinski definition) is 1. The van der Waals surface area contributed by atoms with E-state index in [1.165, 1.54) is 0 Å². The highest BCUT2D eigenvalue weighted by Crippen LogP contribution is 2.23. The third-order valence-corrected chi connectivity index (χ3v) is 4.13. The predicted octanol–water partition coefficient (Wildman–Crippen LogP) is 2.00. The number of aromatic nitrogens is 1. The van der Waals surface area contributed by atoms with Crippen LogP contribution >= 0.6 is 0 Å². The van der Waals surface area contributed by atoms with Gasteiger partial charge in [-0.1, -0.05) is 0 Å². The Labute approximate surface area is 130 Å². The van der Waals surface area contributed by atoms with Gasteiger partial charge >= 0.3 is 5.97 Å². The molecule has 0 bridgehead atoms. The van der Waals surface area contributed by atoms with Gasteiger partial charge in [0.1, 0.15) is 0 Å².